The summed E-state index contributed by atoms with van der Waals surface area (Å²) in [4.78, 5) is 25.0. The Morgan fingerprint density at radius 3 is 2.33 bits per heavy atom. The molecule has 40 heavy (non-hydrogen) atoms. The standard InChI is InChI=1S/C34H31FN2O3/c35-30-13-11-25(12-14-30)29-18-28-15-16-37(21-23-7-8-24-3-1-2-4-27(24)17-23)32(28)31(19-29)33(38)36-20-22-5-9-26(10-6-22)34(39)40/h1-4,7-8,11-19,22,26H,5-6,9-10,20-21H2,(H,36,38)(H,39,40). The molecule has 202 valence electrons. The van der Waals surface area contributed by atoms with Crippen LogP contribution < -0.4 is 5.32 Å². The van der Waals surface area contributed by atoms with Crippen LogP contribution in [0.3, 0.4) is 0 Å². The lowest BCUT2D eigenvalue weighted by molar-refractivity contribution is -0.143. The Morgan fingerprint density at radius 1 is 0.825 bits per heavy atom. The summed E-state index contributed by atoms with van der Waals surface area (Å²) >= 11 is 0. The van der Waals surface area contributed by atoms with Gasteiger partial charge in [0.2, 0.25) is 0 Å². The van der Waals surface area contributed by atoms with Crippen molar-refractivity contribution in [2.24, 2.45) is 11.8 Å². The van der Waals surface area contributed by atoms with E-state index in [0.717, 1.165) is 40.4 Å². The van der Waals surface area contributed by atoms with Gasteiger partial charge in [-0.15, -0.1) is 0 Å². The number of hydrogen-bond acceptors (Lipinski definition) is 2. The molecule has 1 aromatic heterocycles. The predicted octanol–water partition coefficient (Wildman–Crippen LogP) is 7.27. The van der Waals surface area contributed by atoms with Gasteiger partial charge < -0.3 is 15.0 Å². The summed E-state index contributed by atoms with van der Waals surface area (Å²) in [7, 11) is 0. The monoisotopic (exact) mass is 534 g/mol. The topological polar surface area (TPSA) is 71.3 Å². The van der Waals surface area contributed by atoms with Crippen LogP contribution >= 0.6 is 0 Å². The molecule has 0 aliphatic heterocycles. The largest absolute Gasteiger partial charge is 0.481 e. The first-order valence-corrected chi connectivity index (χ1v) is 13.8. The minimum Gasteiger partial charge on any atom is -0.481 e. The van der Waals surface area contributed by atoms with E-state index >= 15 is 0 Å². The number of carbonyl (C=O) groups is 2. The van der Waals surface area contributed by atoms with Gasteiger partial charge in [-0.05, 0) is 95.5 Å². The molecule has 0 spiro atoms. The van der Waals surface area contributed by atoms with Gasteiger partial charge in [-0.2, -0.15) is 0 Å². The van der Waals surface area contributed by atoms with Crippen molar-refractivity contribution >= 4 is 33.6 Å². The minimum atomic E-state index is -0.727. The van der Waals surface area contributed by atoms with E-state index in [4.69, 9.17) is 0 Å². The average Bonchev–Trinajstić information content (AvgIpc) is 3.38. The Kier molecular flexibility index (Phi) is 7.08. The summed E-state index contributed by atoms with van der Waals surface area (Å²) in [5.74, 6) is -1.21. The summed E-state index contributed by atoms with van der Waals surface area (Å²) in [5.41, 5.74) is 4.25. The van der Waals surface area contributed by atoms with Gasteiger partial charge in [-0.25, -0.2) is 4.39 Å². The maximum absolute atomic E-state index is 13.7. The van der Waals surface area contributed by atoms with E-state index < -0.39 is 5.97 Å². The second kappa shape index (κ2) is 11.0. The van der Waals surface area contributed by atoms with Crippen LogP contribution in [-0.4, -0.2) is 28.1 Å². The number of nitrogens with zero attached hydrogens (tertiary/aromatic N) is 1. The molecule has 1 amide bonds. The van der Waals surface area contributed by atoms with E-state index in [1.165, 1.54) is 22.9 Å². The van der Waals surface area contributed by atoms with Crippen LogP contribution in [0.25, 0.3) is 32.8 Å². The lowest BCUT2D eigenvalue weighted by Gasteiger charge is -2.26. The van der Waals surface area contributed by atoms with E-state index in [9.17, 15) is 19.1 Å². The van der Waals surface area contributed by atoms with Crippen molar-refractivity contribution in [2.75, 3.05) is 6.54 Å². The molecule has 0 bridgehead atoms. The van der Waals surface area contributed by atoms with Gasteiger partial charge in [0.1, 0.15) is 5.82 Å². The van der Waals surface area contributed by atoms with Crippen molar-refractivity contribution in [3.05, 3.63) is 108 Å². The highest BCUT2D eigenvalue weighted by Gasteiger charge is 2.26. The Balaban J connectivity index is 1.32. The van der Waals surface area contributed by atoms with Crippen LogP contribution in [0.4, 0.5) is 4.39 Å². The van der Waals surface area contributed by atoms with Crippen molar-refractivity contribution in [3.63, 3.8) is 0 Å². The molecule has 6 heteroatoms. The zero-order chi connectivity index (χ0) is 27.6. The summed E-state index contributed by atoms with van der Waals surface area (Å²) in [5, 5.41) is 15.7. The van der Waals surface area contributed by atoms with Gasteiger partial charge in [-0.3, -0.25) is 9.59 Å². The number of carboxylic acid groups (broad SMARTS) is 1. The van der Waals surface area contributed by atoms with Crippen LogP contribution in [0.15, 0.2) is 91.1 Å². The van der Waals surface area contributed by atoms with Crippen molar-refractivity contribution in [2.45, 2.75) is 32.2 Å². The third-order valence-corrected chi connectivity index (χ3v) is 8.20. The number of amides is 1. The number of aliphatic carboxylic acids is 1. The number of aromatic nitrogens is 1. The highest BCUT2D eigenvalue weighted by atomic mass is 19.1. The van der Waals surface area contributed by atoms with Gasteiger partial charge in [0.05, 0.1) is 17.0 Å². The zero-order valence-corrected chi connectivity index (χ0v) is 22.1. The number of nitrogens with one attached hydrogen (secondary N) is 1. The van der Waals surface area contributed by atoms with Crippen LogP contribution in [0.2, 0.25) is 0 Å². The SMILES string of the molecule is O=C(NCC1CCC(C(=O)O)CC1)c1cc(-c2ccc(F)cc2)cc2ccn(Cc3ccc4ccccc4c3)c12. The molecule has 1 saturated carbocycles. The van der Waals surface area contributed by atoms with Crippen molar-refractivity contribution < 1.29 is 19.1 Å². The smallest absolute Gasteiger partial charge is 0.306 e. The van der Waals surface area contributed by atoms with E-state index in [0.29, 0.717) is 31.5 Å². The van der Waals surface area contributed by atoms with Gasteiger partial charge in [-0.1, -0.05) is 48.5 Å². The lowest BCUT2D eigenvalue weighted by atomic mass is 9.82. The quantitative estimate of drug-likeness (QED) is 0.231. The molecule has 0 saturated heterocycles. The fourth-order valence-corrected chi connectivity index (χ4v) is 5.94. The molecule has 1 fully saturated rings. The molecular formula is C34H31FN2O3. The van der Waals surface area contributed by atoms with Gasteiger partial charge in [0.15, 0.2) is 0 Å². The van der Waals surface area contributed by atoms with Crippen LogP contribution in [-0.2, 0) is 11.3 Å². The van der Waals surface area contributed by atoms with Crippen LogP contribution in [0.1, 0.15) is 41.6 Å². The molecule has 4 aromatic carbocycles. The number of hydrogen-bond donors (Lipinski definition) is 2. The highest BCUT2D eigenvalue weighted by molar-refractivity contribution is 6.08. The predicted molar refractivity (Wildman–Crippen MR) is 156 cm³/mol. The van der Waals surface area contributed by atoms with Crippen molar-refractivity contribution in [3.8, 4) is 11.1 Å². The maximum atomic E-state index is 13.7. The summed E-state index contributed by atoms with van der Waals surface area (Å²) < 4.78 is 15.7. The summed E-state index contributed by atoms with van der Waals surface area (Å²) in [6.45, 7) is 1.13. The van der Waals surface area contributed by atoms with Gasteiger partial charge in [0, 0.05) is 24.7 Å². The minimum absolute atomic E-state index is 0.159. The Morgan fingerprint density at radius 2 is 1.57 bits per heavy atom. The van der Waals surface area contributed by atoms with E-state index in [1.807, 2.05) is 36.5 Å². The third-order valence-electron chi connectivity index (χ3n) is 8.20. The molecule has 1 aliphatic carbocycles. The van der Waals surface area contributed by atoms with Crippen molar-refractivity contribution in [1.29, 1.82) is 0 Å². The Bertz CT molecular complexity index is 1700. The zero-order valence-electron chi connectivity index (χ0n) is 22.1. The molecular weight excluding hydrogens is 503 g/mol. The lowest BCUT2D eigenvalue weighted by Crippen LogP contribution is -2.32. The fourth-order valence-electron chi connectivity index (χ4n) is 5.94. The second-order valence-corrected chi connectivity index (χ2v) is 10.9. The number of halogens is 1. The first-order valence-electron chi connectivity index (χ1n) is 13.8. The number of rotatable bonds is 7. The fraction of sp³-hybridized carbons (Fsp3) is 0.235. The molecule has 0 atom stereocenters. The number of carbonyl (C=O) groups excluding carboxylic acids is 1. The molecule has 5 aromatic rings. The summed E-state index contributed by atoms with van der Waals surface area (Å²) in [6.07, 6.45) is 4.89. The molecule has 2 N–H and O–H groups in total. The Labute approximate surface area is 232 Å². The third kappa shape index (κ3) is 5.34. The average molecular weight is 535 g/mol. The van der Waals surface area contributed by atoms with Crippen LogP contribution in [0, 0.1) is 17.7 Å². The number of fused-ring (bicyclic) bond motifs is 2. The van der Waals surface area contributed by atoms with Gasteiger partial charge >= 0.3 is 5.97 Å². The first-order chi connectivity index (χ1) is 19.4. The molecule has 5 nitrogen and oxygen atoms in total. The normalized spacial score (nSPS) is 17.2. The summed E-state index contributed by atoms with van der Waals surface area (Å²) in [6, 6.07) is 27.0. The van der Waals surface area contributed by atoms with E-state index in [-0.39, 0.29) is 23.6 Å². The first kappa shape index (κ1) is 25.8. The highest BCUT2D eigenvalue weighted by Crippen LogP contribution is 2.31. The second-order valence-electron chi connectivity index (χ2n) is 10.9. The number of benzene rings is 4. The molecule has 0 radical (unpaired) electrons. The molecule has 1 aliphatic rings. The molecule has 0 unspecified atom stereocenters. The maximum Gasteiger partial charge on any atom is 0.306 e. The Hall–Kier alpha value is -4.45. The van der Waals surface area contributed by atoms with E-state index in [1.54, 1.807) is 12.1 Å². The van der Waals surface area contributed by atoms with E-state index in [2.05, 4.69) is 40.2 Å². The number of carboxylic acids is 1. The van der Waals surface area contributed by atoms with Gasteiger partial charge in [0.25, 0.3) is 5.91 Å². The van der Waals surface area contributed by atoms with Crippen LogP contribution in [0.5, 0.6) is 0 Å². The molecule has 1 heterocycles. The van der Waals surface area contributed by atoms with Crippen molar-refractivity contribution in [1.82, 2.24) is 9.88 Å². The molecule has 6 rings (SSSR count).